The van der Waals surface area contributed by atoms with Crippen LogP contribution in [0.25, 0.3) is 0 Å². The molecule has 0 radical (unpaired) electrons. The molecule has 2 nitrogen and oxygen atoms in total. The zero-order chi connectivity index (χ0) is 15.3. The van der Waals surface area contributed by atoms with E-state index in [1.165, 1.54) is 24.8 Å². The molecule has 1 rings (SSSR count). The first kappa shape index (κ1) is 18.2. The van der Waals surface area contributed by atoms with Gasteiger partial charge in [-0.25, -0.2) is 0 Å². The standard InChI is InChI=1S/C19H33NO/c1-4-11-18(20-15-5-2)19(6-3)21-16-10-14-17-12-8-7-9-13-17/h7-9,12-13,18-20H,4-6,10-11,14-16H2,1-3H3. The van der Waals surface area contributed by atoms with Gasteiger partial charge >= 0.3 is 0 Å². The van der Waals surface area contributed by atoms with Crippen molar-refractivity contribution in [3.8, 4) is 0 Å². The van der Waals surface area contributed by atoms with Gasteiger partial charge in [-0.3, -0.25) is 0 Å². The van der Waals surface area contributed by atoms with Gasteiger partial charge in [0.2, 0.25) is 0 Å². The summed E-state index contributed by atoms with van der Waals surface area (Å²) in [6.45, 7) is 8.66. The third kappa shape index (κ3) is 7.63. The van der Waals surface area contributed by atoms with E-state index in [-0.39, 0.29) is 0 Å². The molecule has 1 aromatic rings. The minimum absolute atomic E-state index is 0.354. The molecule has 0 aromatic heterocycles. The lowest BCUT2D eigenvalue weighted by Crippen LogP contribution is -2.41. The lowest BCUT2D eigenvalue weighted by molar-refractivity contribution is 0.0204. The highest BCUT2D eigenvalue weighted by atomic mass is 16.5. The van der Waals surface area contributed by atoms with E-state index in [9.17, 15) is 0 Å². The van der Waals surface area contributed by atoms with Gasteiger partial charge in [0.1, 0.15) is 0 Å². The van der Waals surface area contributed by atoms with Crippen LogP contribution in [0.4, 0.5) is 0 Å². The van der Waals surface area contributed by atoms with Crippen LogP contribution in [0.15, 0.2) is 30.3 Å². The first-order valence-corrected chi connectivity index (χ1v) is 8.70. The van der Waals surface area contributed by atoms with Crippen molar-refractivity contribution in [2.24, 2.45) is 0 Å². The molecule has 0 saturated carbocycles. The van der Waals surface area contributed by atoms with Gasteiger partial charge < -0.3 is 10.1 Å². The van der Waals surface area contributed by atoms with Crippen LogP contribution in [0.3, 0.4) is 0 Å². The quantitative estimate of drug-likeness (QED) is 0.569. The summed E-state index contributed by atoms with van der Waals surface area (Å²) in [7, 11) is 0. The lowest BCUT2D eigenvalue weighted by Gasteiger charge is -2.27. The highest BCUT2D eigenvalue weighted by Gasteiger charge is 2.18. The van der Waals surface area contributed by atoms with Crippen LogP contribution in [-0.2, 0) is 11.2 Å². The summed E-state index contributed by atoms with van der Waals surface area (Å²) in [5, 5.41) is 3.65. The SMILES string of the molecule is CCCNC(CCC)C(CC)OCCCc1ccccc1. The van der Waals surface area contributed by atoms with Crippen molar-refractivity contribution in [2.75, 3.05) is 13.2 Å². The second-order valence-corrected chi connectivity index (χ2v) is 5.76. The monoisotopic (exact) mass is 291 g/mol. The van der Waals surface area contributed by atoms with Gasteiger partial charge in [0.15, 0.2) is 0 Å². The Hall–Kier alpha value is -0.860. The maximum atomic E-state index is 6.16. The second kappa shape index (κ2) is 11.8. The number of ether oxygens (including phenoxy) is 1. The molecule has 21 heavy (non-hydrogen) atoms. The van der Waals surface area contributed by atoms with Gasteiger partial charge in [0.25, 0.3) is 0 Å². The van der Waals surface area contributed by atoms with Crippen LogP contribution in [0.2, 0.25) is 0 Å². The number of hydrogen-bond acceptors (Lipinski definition) is 2. The van der Waals surface area contributed by atoms with E-state index < -0.39 is 0 Å². The predicted octanol–water partition coefficient (Wildman–Crippen LogP) is 4.58. The van der Waals surface area contributed by atoms with Crippen LogP contribution in [0, 0.1) is 0 Å². The summed E-state index contributed by atoms with van der Waals surface area (Å²) in [4.78, 5) is 0. The Morgan fingerprint density at radius 3 is 2.43 bits per heavy atom. The maximum Gasteiger partial charge on any atom is 0.0725 e. The van der Waals surface area contributed by atoms with Crippen molar-refractivity contribution in [1.82, 2.24) is 5.32 Å². The molecule has 2 atom stereocenters. The van der Waals surface area contributed by atoms with Gasteiger partial charge in [-0.1, -0.05) is 57.5 Å². The van der Waals surface area contributed by atoms with Gasteiger partial charge in [-0.2, -0.15) is 0 Å². The number of hydrogen-bond donors (Lipinski definition) is 1. The zero-order valence-corrected chi connectivity index (χ0v) is 14.1. The number of nitrogens with one attached hydrogen (secondary N) is 1. The van der Waals surface area contributed by atoms with Crippen molar-refractivity contribution in [3.63, 3.8) is 0 Å². The first-order chi connectivity index (χ1) is 10.3. The fourth-order valence-corrected chi connectivity index (χ4v) is 2.73. The number of rotatable bonds is 12. The fourth-order valence-electron chi connectivity index (χ4n) is 2.73. The molecular formula is C19H33NO. The van der Waals surface area contributed by atoms with Crippen LogP contribution in [0.1, 0.15) is 58.4 Å². The molecule has 0 fully saturated rings. The third-order valence-electron chi connectivity index (χ3n) is 3.89. The van der Waals surface area contributed by atoms with Crippen LogP contribution >= 0.6 is 0 Å². The Bertz CT molecular complexity index is 339. The van der Waals surface area contributed by atoms with Gasteiger partial charge in [0.05, 0.1) is 6.10 Å². The molecule has 0 amide bonds. The Morgan fingerprint density at radius 2 is 1.81 bits per heavy atom. The molecule has 120 valence electrons. The van der Waals surface area contributed by atoms with Crippen molar-refractivity contribution in [3.05, 3.63) is 35.9 Å². The highest BCUT2D eigenvalue weighted by molar-refractivity contribution is 5.14. The van der Waals surface area contributed by atoms with E-state index in [2.05, 4.69) is 56.4 Å². The topological polar surface area (TPSA) is 21.3 Å². The maximum absolute atomic E-state index is 6.16. The van der Waals surface area contributed by atoms with Gasteiger partial charge in [-0.05, 0) is 44.2 Å². The average Bonchev–Trinajstić information content (AvgIpc) is 2.53. The smallest absolute Gasteiger partial charge is 0.0725 e. The van der Waals surface area contributed by atoms with Gasteiger partial charge in [0, 0.05) is 12.6 Å². The van der Waals surface area contributed by atoms with E-state index in [0.717, 1.165) is 32.4 Å². The summed E-state index contributed by atoms with van der Waals surface area (Å²) in [6, 6.07) is 11.2. The molecule has 0 spiro atoms. The van der Waals surface area contributed by atoms with Crippen molar-refractivity contribution < 1.29 is 4.74 Å². The van der Waals surface area contributed by atoms with E-state index >= 15 is 0 Å². The molecule has 0 heterocycles. The third-order valence-corrected chi connectivity index (χ3v) is 3.89. The minimum atomic E-state index is 0.354. The molecule has 0 aliphatic heterocycles. The summed E-state index contributed by atoms with van der Waals surface area (Å²) < 4.78 is 6.16. The molecule has 1 aromatic carbocycles. The van der Waals surface area contributed by atoms with Crippen LogP contribution in [0.5, 0.6) is 0 Å². The predicted molar refractivity (Wildman–Crippen MR) is 91.8 cm³/mol. The first-order valence-electron chi connectivity index (χ1n) is 8.70. The summed E-state index contributed by atoms with van der Waals surface area (Å²) in [6.07, 6.45) is 7.26. The number of benzene rings is 1. The van der Waals surface area contributed by atoms with Crippen molar-refractivity contribution >= 4 is 0 Å². The van der Waals surface area contributed by atoms with Gasteiger partial charge in [-0.15, -0.1) is 0 Å². The molecule has 1 N–H and O–H groups in total. The van der Waals surface area contributed by atoms with E-state index in [1.54, 1.807) is 0 Å². The Balaban J connectivity index is 2.30. The fraction of sp³-hybridized carbons (Fsp3) is 0.684. The summed E-state index contributed by atoms with van der Waals surface area (Å²) >= 11 is 0. The van der Waals surface area contributed by atoms with Crippen molar-refractivity contribution in [2.45, 2.75) is 71.4 Å². The zero-order valence-electron chi connectivity index (χ0n) is 14.1. The van der Waals surface area contributed by atoms with E-state index in [4.69, 9.17) is 4.74 Å². The molecule has 0 aliphatic rings. The summed E-state index contributed by atoms with van der Waals surface area (Å²) in [5.74, 6) is 0. The Morgan fingerprint density at radius 1 is 1.05 bits per heavy atom. The molecule has 0 aliphatic carbocycles. The largest absolute Gasteiger partial charge is 0.377 e. The lowest BCUT2D eigenvalue weighted by atomic mass is 10.0. The van der Waals surface area contributed by atoms with Crippen LogP contribution < -0.4 is 5.32 Å². The molecular weight excluding hydrogens is 258 g/mol. The molecule has 2 heteroatoms. The Kier molecular flexibility index (Phi) is 10.2. The highest BCUT2D eigenvalue weighted by Crippen LogP contribution is 2.12. The molecule has 0 saturated heterocycles. The van der Waals surface area contributed by atoms with E-state index in [1.807, 2.05) is 0 Å². The van der Waals surface area contributed by atoms with E-state index in [0.29, 0.717) is 12.1 Å². The molecule has 2 unspecified atom stereocenters. The Labute approximate surface area is 131 Å². The average molecular weight is 291 g/mol. The van der Waals surface area contributed by atoms with Crippen molar-refractivity contribution in [1.29, 1.82) is 0 Å². The number of aryl methyl sites for hydroxylation is 1. The normalized spacial score (nSPS) is 14.0. The second-order valence-electron chi connectivity index (χ2n) is 5.76. The van der Waals surface area contributed by atoms with Crippen LogP contribution in [-0.4, -0.2) is 25.3 Å². The summed E-state index contributed by atoms with van der Waals surface area (Å²) in [5.41, 5.74) is 1.41. The molecule has 0 bridgehead atoms. The minimum Gasteiger partial charge on any atom is -0.377 e.